The van der Waals surface area contributed by atoms with Crippen LogP contribution in [0.25, 0.3) is 0 Å². The second-order valence-electron chi connectivity index (χ2n) is 8.98. The van der Waals surface area contributed by atoms with Crippen LogP contribution in [0.15, 0.2) is 30.4 Å². The number of benzene rings is 1. The quantitative estimate of drug-likeness (QED) is 0.338. The highest BCUT2D eigenvalue weighted by atomic mass is 19.4. The number of hydrogen-bond donors (Lipinski definition) is 0. The molecular formula is C24H32F4O. The minimum absolute atomic E-state index is 0.207. The van der Waals surface area contributed by atoms with Gasteiger partial charge in [-0.25, -0.2) is 4.39 Å². The first-order valence-electron chi connectivity index (χ1n) is 11.0. The van der Waals surface area contributed by atoms with Crippen LogP contribution in [-0.2, 0) is 0 Å². The van der Waals surface area contributed by atoms with Crippen molar-refractivity contribution in [1.82, 2.24) is 0 Å². The van der Waals surface area contributed by atoms with Crippen LogP contribution in [0, 0.1) is 23.6 Å². The lowest BCUT2D eigenvalue weighted by molar-refractivity contribution is -0.275. The molecule has 2 fully saturated rings. The summed E-state index contributed by atoms with van der Waals surface area (Å²) in [6, 6.07) is 3.86. The Kier molecular flexibility index (Phi) is 7.64. The van der Waals surface area contributed by atoms with Gasteiger partial charge in [0.25, 0.3) is 0 Å². The van der Waals surface area contributed by atoms with Gasteiger partial charge in [0.1, 0.15) is 0 Å². The molecule has 3 rings (SSSR count). The molecule has 1 aromatic carbocycles. The van der Waals surface area contributed by atoms with Gasteiger partial charge in [0.05, 0.1) is 0 Å². The first kappa shape index (κ1) is 22.2. The fourth-order valence-corrected chi connectivity index (χ4v) is 4.86. The first-order chi connectivity index (χ1) is 13.8. The topological polar surface area (TPSA) is 9.23 Å². The molecule has 0 unspecified atom stereocenters. The molecule has 162 valence electrons. The fourth-order valence-electron chi connectivity index (χ4n) is 4.86. The van der Waals surface area contributed by atoms with Gasteiger partial charge in [-0.15, -0.1) is 13.2 Å². The Morgan fingerprint density at radius 1 is 1.00 bits per heavy atom. The van der Waals surface area contributed by atoms with Gasteiger partial charge >= 0.3 is 6.36 Å². The second-order valence-corrected chi connectivity index (χ2v) is 8.98. The SMILES string of the molecule is CC1CCC(CC/C=C/C2CCC(c3ccc(OC(F)(F)F)c(F)c3)CC2)CC1. The van der Waals surface area contributed by atoms with E-state index in [9.17, 15) is 17.6 Å². The molecule has 0 aliphatic heterocycles. The van der Waals surface area contributed by atoms with Crippen LogP contribution in [0.1, 0.15) is 82.6 Å². The van der Waals surface area contributed by atoms with Crippen LogP contribution in [0.4, 0.5) is 17.6 Å². The highest BCUT2D eigenvalue weighted by molar-refractivity contribution is 5.31. The minimum atomic E-state index is -4.87. The number of rotatable bonds is 6. The summed E-state index contributed by atoms with van der Waals surface area (Å²) in [5.74, 6) is 0.863. The summed E-state index contributed by atoms with van der Waals surface area (Å²) in [7, 11) is 0. The molecule has 0 atom stereocenters. The van der Waals surface area contributed by atoms with Crippen LogP contribution in [-0.4, -0.2) is 6.36 Å². The highest BCUT2D eigenvalue weighted by Gasteiger charge is 2.32. The lowest BCUT2D eigenvalue weighted by Gasteiger charge is -2.27. The Morgan fingerprint density at radius 2 is 1.69 bits per heavy atom. The van der Waals surface area contributed by atoms with Crippen LogP contribution >= 0.6 is 0 Å². The largest absolute Gasteiger partial charge is 0.573 e. The van der Waals surface area contributed by atoms with Gasteiger partial charge < -0.3 is 4.74 Å². The van der Waals surface area contributed by atoms with Crippen molar-refractivity contribution < 1.29 is 22.3 Å². The Labute approximate surface area is 171 Å². The fraction of sp³-hybridized carbons (Fsp3) is 0.667. The molecule has 0 N–H and O–H groups in total. The normalized spacial score (nSPS) is 28.6. The summed E-state index contributed by atoms with van der Waals surface area (Å²) in [6.45, 7) is 2.35. The maximum absolute atomic E-state index is 14.0. The Balaban J connectivity index is 1.41. The molecule has 1 nitrogen and oxygen atoms in total. The maximum Gasteiger partial charge on any atom is 0.573 e. The molecule has 0 saturated heterocycles. The van der Waals surface area contributed by atoms with Crippen LogP contribution in [0.2, 0.25) is 0 Å². The van der Waals surface area contributed by atoms with Crippen LogP contribution in [0.3, 0.4) is 0 Å². The lowest BCUT2D eigenvalue weighted by Crippen LogP contribution is -2.18. The van der Waals surface area contributed by atoms with E-state index in [-0.39, 0.29) is 5.92 Å². The van der Waals surface area contributed by atoms with Crippen molar-refractivity contribution in [3.63, 3.8) is 0 Å². The average Bonchev–Trinajstić information content (AvgIpc) is 2.68. The van der Waals surface area contributed by atoms with Crippen molar-refractivity contribution >= 4 is 0 Å². The van der Waals surface area contributed by atoms with Crippen molar-refractivity contribution in [1.29, 1.82) is 0 Å². The van der Waals surface area contributed by atoms with Crippen molar-refractivity contribution in [3.8, 4) is 5.75 Å². The number of halogens is 4. The maximum atomic E-state index is 14.0. The summed E-state index contributed by atoms with van der Waals surface area (Å²) in [5, 5.41) is 0. The molecule has 0 aromatic heterocycles. The zero-order valence-corrected chi connectivity index (χ0v) is 17.2. The Bertz CT molecular complexity index is 666. The predicted molar refractivity (Wildman–Crippen MR) is 107 cm³/mol. The molecule has 0 bridgehead atoms. The van der Waals surface area contributed by atoms with Gasteiger partial charge in [-0.05, 0) is 79.9 Å². The van der Waals surface area contributed by atoms with Crippen LogP contribution < -0.4 is 4.74 Å². The van der Waals surface area contributed by atoms with E-state index in [2.05, 4.69) is 23.8 Å². The number of alkyl halides is 3. The monoisotopic (exact) mass is 412 g/mol. The predicted octanol–water partition coefficient (Wildman–Crippen LogP) is 8.16. The molecule has 2 aliphatic rings. The van der Waals surface area contributed by atoms with Gasteiger partial charge in [0.15, 0.2) is 11.6 Å². The van der Waals surface area contributed by atoms with E-state index in [0.717, 1.165) is 55.6 Å². The van der Waals surface area contributed by atoms with Gasteiger partial charge in [-0.1, -0.05) is 50.8 Å². The Morgan fingerprint density at radius 3 is 2.31 bits per heavy atom. The van der Waals surface area contributed by atoms with Gasteiger partial charge in [0.2, 0.25) is 0 Å². The van der Waals surface area contributed by atoms with E-state index < -0.39 is 17.9 Å². The standard InChI is InChI=1S/C24H32F4O/c1-17-6-8-18(9-7-17)4-2-3-5-19-10-12-20(13-11-19)21-14-15-23(22(25)16-21)29-24(26,27)28/h3,5,14-20H,2,4,6-13H2,1H3/b5-3+. The smallest absolute Gasteiger partial charge is 0.403 e. The van der Waals surface area contributed by atoms with Crippen LogP contribution in [0.5, 0.6) is 5.75 Å². The third-order valence-electron chi connectivity index (χ3n) is 6.71. The summed E-state index contributed by atoms with van der Waals surface area (Å²) in [4.78, 5) is 0. The molecule has 2 aliphatic carbocycles. The number of ether oxygens (including phenoxy) is 1. The number of hydrogen-bond acceptors (Lipinski definition) is 1. The molecule has 0 radical (unpaired) electrons. The zero-order chi connectivity index (χ0) is 20.9. The third kappa shape index (κ3) is 7.04. The molecular weight excluding hydrogens is 380 g/mol. The van der Waals surface area contributed by atoms with E-state index in [4.69, 9.17) is 0 Å². The zero-order valence-electron chi connectivity index (χ0n) is 17.2. The average molecular weight is 413 g/mol. The number of allylic oxidation sites excluding steroid dienone is 2. The van der Waals surface area contributed by atoms with Gasteiger partial charge in [-0.3, -0.25) is 0 Å². The van der Waals surface area contributed by atoms with Crippen molar-refractivity contribution in [2.24, 2.45) is 17.8 Å². The minimum Gasteiger partial charge on any atom is -0.403 e. The highest BCUT2D eigenvalue weighted by Crippen LogP contribution is 2.38. The van der Waals surface area contributed by atoms with E-state index in [1.165, 1.54) is 38.2 Å². The van der Waals surface area contributed by atoms with Crippen molar-refractivity contribution in [3.05, 3.63) is 41.7 Å². The molecule has 29 heavy (non-hydrogen) atoms. The van der Waals surface area contributed by atoms with Crippen molar-refractivity contribution in [2.75, 3.05) is 0 Å². The first-order valence-corrected chi connectivity index (χ1v) is 11.0. The molecule has 5 heteroatoms. The second kappa shape index (κ2) is 9.99. The van der Waals surface area contributed by atoms with Crippen molar-refractivity contribution in [2.45, 2.75) is 83.4 Å². The molecule has 1 aromatic rings. The summed E-state index contributed by atoms with van der Waals surface area (Å²) < 4.78 is 54.5. The summed E-state index contributed by atoms with van der Waals surface area (Å²) in [5.41, 5.74) is 0.769. The van der Waals surface area contributed by atoms with Gasteiger partial charge in [0, 0.05) is 0 Å². The van der Waals surface area contributed by atoms with E-state index in [1.807, 2.05) is 0 Å². The molecule has 0 amide bonds. The van der Waals surface area contributed by atoms with E-state index >= 15 is 0 Å². The van der Waals surface area contributed by atoms with E-state index in [1.54, 1.807) is 6.07 Å². The summed E-state index contributed by atoms with van der Waals surface area (Å²) >= 11 is 0. The Hall–Kier alpha value is -1.52. The molecule has 2 saturated carbocycles. The molecule has 0 spiro atoms. The lowest BCUT2D eigenvalue weighted by atomic mass is 9.78. The van der Waals surface area contributed by atoms with E-state index in [0.29, 0.717) is 5.92 Å². The molecule has 0 heterocycles. The summed E-state index contributed by atoms with van der Waals surface area (Å²) in [6.07, 6.45) is 11.8. The third-order valence-corrected chi connectivity index (χ3v) is 6.71. The van der Waals surface area contributed by atoms with Gasteiger partial charge in [-0.2, -0.15) is 0 Å².